The maximum atomic E-state index is 12.9. The molecule has 0 saturated heterocycles. The molecule has 0 fully saturated rings. The molecule has 4 nitrogen and oxygen atoms in total. The summed E-state index contributed by atoms with van der Waals surface area (Å²) in [5, 5.41) is 4.76. The van der Waals surface area contributed by atoms with Crippen molar-refractivity contribution in [1.82, 2.24) is 4.98 Å². The van der Waals surface area contributed by atoms with Crippen molar-refractivity contribution in [3.05, 3.63) is 72.1 Å². The van der Waals surface area contributed by atoms with E-state index >= 15 is 0 Å². The molecule has 124 valence electrons. The smallest absolute Gasteiger partial charge is 0.256 e. The highest BCUT2D eigenvalue weighted by Gasteiger charge is 2.20. The van der Waals surface area contributed by atoms with E-state index in [0.29, 0.717) is 17.2 Å². The first kappa shape index (κ1) is 15.4. The van der Waals surface area contributed by atoms with E-state index < -0.39 is 0 Å². The number of amides is 1. The van der Waals surface area contributed by atoms with Crippen LogP contribution >= 0.6 is 0 Å². The summed E-state index contributed by atoms with van der Waals surface area (Å²) in [6.07, 6.45) is 3.31. The molecule has 0 unspecified atom stereocenters. The fraction of sp³-hybridized carbons (Fsp3) is 0.143. The molecule has 4 aromatic rings. The lowest BCUT2D eigenvalue weighted by atomic mass is 9.96. The van der Waals surface area contributed by atoms with Crippen LogP contribution in [-0.4, -0.2) is 10.9 Å². The van der Waals surface area contributed by atoms with Gasteiger partial charge in [0.15, 0.2) is 0 Å². The molecule has 0 aliphatic heterocycles. The largest absolute Gasteiger partial charge is 0.456 e. The number of nitrogens with zero attached hydrogens (tertiary/aromatic N) is 1. The lowest BCUT2D eigenvalue weighted by molar-refractivity contribution is 0.102. The Balaban J connectivity index is 1.92. The average molecular weight is 330 g/mol. The van der Waals surface area contributed by atoms with E-state index in [1.54, 1.807) is 24.5 Å². The molecule has 0 aliphatic carbocycles. The number of furan rings is 1. The monoisotopic (exact) mass is 330 g/mol. The number of hydrogen-bond donors (Lipinski definition) is 1. The van der Waals surface area contributed by atoms with Crippen molar-refractivity contribution in [3.63, 3.8) is 0 Å². The second-order valence-corrected chi connectivity index (χ2v) is 6.35. The molecule has 2 aromatic carbocycles. The Kier molecular flexibility index (Phi) is 3.73. The summed E-state index contributed by atoms with van der Waals surface area (Å²) < 4.78 is 6.10. The Labute approximate surface area is 145 Å². The molecule has 1 amide bonds. The van der Waals surface area contributed by atoms with Crippen molar-refractivity contribution in [2.24, 2.45) is 0 Å². The van der Waals surface area contributed by atoms with E-state index in [1.165, 1.54) is 0 Å². The van der Waals surface area contributed by atoms with E-state index in [0.717, 1.165) is 27.5 Å². The Bertz CT molecular complexity index is 1070. The lowest BCUT2D eigenvalue weighted by Gasteiger charge is -2.10. The van der Waals surface area contributed by atoms with Crippen LogP contribution in [0.15, 0.2) is 65.3 Å². The molecule has 2 aromatic heterocycles. The van der Waals surface area contributed by atoms with Gasteiger partial charge >= 0.3 is 0 Å². The zero-order chi connectivity index (χ0) is 17.4. The van der Waals surface area contributed by atoms with Crippen molar-refractivity contribution in [3.8, 4) is 0 Å². The zero-order valence-electron chi connectivity index (χ0n) is 14.1. The maximum absolute atomic E-state index is 12.9. The highest BCUT2D eigenvalue weighted by atomic mass is 16.3. The van der Waals surface area contributed by atoms with Gasteiger partial charge in [0.25, 0.3) is 5.91 Å². The summed E-state index contributed by atoms with van der Waals surface area (Å²) in [7, 11) is 0. The molecule has 0 bridgehead atoms. The van der Waals surface area contributed by atoms with Crippen molar-refractivity contribution in [2.45, 2.75) is 19.8 Å². The second-order valence-electron chi connectivity index (χ2n) is 6.35. The van der Waals surface area contributed by atoms with Crippen LogP contribution in [0.5, 0.6) is 0 Å². The van der Waals surface area contributed by atoms with Gasteiger partial charge in [0, 0.05) is 28.9 Å². The normalized spacial score (nSPS) is 11.3. The van der Waals surface area contributed by atoms with E-state index in [-0.39, 0.29) is 5.91 Å². The van der Waals surface area contributed by atoms with Crippen LogP contribution in [0.2, 0.25) is 0 Å². The molecular formula is C21H18N2O2. The molecule has 0 radical (unpaired) electrons. The van der Waals surface area contributed by atoms with E-state index in [1.807, 2.05) is 36.4 Å². The molecule has 4 heteroatoms. The van der Waals surface area contributed by atoms with Gasteiger partial charge in [-0.05, 0) is 35.7 Å². The SMILES string of the molecule is CC(C)c1ccc(C(=O)Nc2ccncc2)c2c1oc1ccccc12. The number of nitrogens with one attached hydrogen (secondary N) is 1. The fourth-order valence-electron chi connectivity index (χ4n) is 3.13. The number of pyridine rings is 1. The van der Waals surface area contributed by atoms with Crippen LogP contribution < -0.4 is 5.32 Å². The van der Waals surface area contributed by atoms with Gasteiger partial charge in [0.2, 0.25) is 0 Å². The van der Waals surface area contributed by atoms with Crippen molar-refractivity contribution in [2.75, 3.05) is 5.32 Å². The number of rotatable bonds is 3. The van der Waals surface area contributed by atoms with Crippen molar-refractivity contribution >= 4 is 33.5 Å². The molecule has 0 saturated carbocycles. The highest BCUT2D eigenvalue weighted by Crippen LogP contribution is 2.36. The molecule has 1 N–H and O–H groups in total. The number of hydrogen-bond acceptors (Lipinski definition) is 3. The van der Waals surface area contributed by atoms with Crippen molar-refractivity contribution < 1.29 is 9.21 Å². The summed E-state index contributed by atoms with van der Waals surface area (Å²) in [5.74, 6) is 0.151. The van der Waals surface area contributed by atoms with E-state index in [2.05, 4.69) is 24.1 Å². The van der Waals surface area contributed by atoms with Gasteiger partial charge in [-0.2, -0.15) is 0 Å². The van der Waals surface area contributed by atoms with Crippen LogP contribution in [0.4, 0.5) is 5.69 Å². The number of aromatic nitrogens is 1. The lowest BCUT2D eigenvalue weighted by Crippen LogP contribution is -2.12. The summed E-state index contributed by atoms with van der Waals surface area (Å²) in [6, 6.07) is 15.2. The van der Waals surface area contributed by atoms with Crippen molar-refractivity contribution in [1.29, 1.82) is 0 Å². The summed E-state index contributed by atoms with van der Waals surface area (Å²) in [6.45, 7) is 4.25. The molecular weight excluding hydrogens is 312 g/mol. The third-order valence-corrected chi connectivity index (χ3v) is 4.36. The molecule has 25 heavy (non-hydrogen) atoms. The van der Waals surface area contributed by atoms with Gasteiger partial charge in [0.05, 0.1) is 5.56 Å². The Hall–Kier alpha value is -3.14. The fourth-order valence-corrected chi connectivity index (χ4v) is 3.13. The molecule has 2 heterocycles. The minimum Gasteiger partial charge on any atom is -0.456 e. The maximum Gasteiger partial charge on any atom is 0.256 e. The minimum atomic E-state index is -0.155. The van der Waals surface area contributed by atoms with Gasteiger partial charge in [-0.3, -0.25) is 9.78 Å². The predicted octanol–water partition coefficient (Wildman–Crippen LogP) is 5.36. The average Bonchev–Trinajstić information content (AvgIpc) is 3.01. The van der Waals surface area contributed by atoms with Crippen LogP contribution in [0.25, 0.3) is 21.9 Å². The first-order valence-electron chi connectivity index (χ1n) is 8.30. The van der Waals surface area contributed by atoms with Crippen LogP contribution in [0.3, 0.4) is 0 Å². The highest BCUT2D eigenvalue weighted by molar-refractivity contribution is 6.20. The Morgan fingerprint density at radius 3 is 2.56 bits per heavy atom. The predicted molar refractivity (Wildman–Crippen MR) is 100.0 cm³/mol. The number of carbonyl (C=O) groups excluding carboxylic acids is 1. The van der Waals surface area contributed by atoms with Crippen LogP contribution in [-0.2, 0) is 0 Å². The molecule has 0 atom stereocenters. The van der Waals surface area contributed by atoms with E-state index in [4.69, 9.17) is 4.42 Å². The quantitative estimate of drug-likeness (QED) is 0.550. The molecule has 4 rings (SSSR count). The minimum absolute atomic E-state index is 0.155. The van der Waals surface area contributed by atoms with Crippen LogP contribution in [0, 0.1) is 0 Å². The molecule has 0 aliphatic rings. The van der Waals surface area contributed by atoms with Gasteiger partial charge in [-0.25, -0.2) is 0 Å². The third kappa shape index (κ3) is 2.66. The van der Waals surface area contributed by atoms with Crippen LogP contribution in [0.1, 0.15) is 35.7 Å². The number of anilines is 1. The summed E-state index contributed by atoms with van der Waals surface area (Å²) in [5.41, 5.74) is 4.02. The third-order valence-electron chi connectivity index (χ3n) is 4.36. The second kappa shape index (κ2) is 6.06. The standard InChI is InChI=1S/C21H18N2O2/c1-13(2)15-7-8-17(21(24)23-14-9-11-22-12-10-14)19-16-5-3-4-6-18(16)25-20(15)19/h3-13H,1-2H3,(H,22,23,24). The topological polar surface area (TPSA) is 55.1 Å². The Morgan fingerprint density at radius 2 is 1.80 bits per heavy atom. The van der Waals surface area contributed by atoms with Gasteiger partial charge in [0.1, 0.15) is 11.2 Å². The number of fused-ring (bicyclic) bond motifs is 3. The van der Waals surface area contributed by atoms with Gasteiger partial charge in [-0.15, -0.1) is 0 Å². The van der Waals surface area contributed by atoms with Gasteiger partial charge < -0.3 is 9.73 Å². The number of benzene rings is 2. The number of para-hydroxylation sites is 1. The first-order valence-corrected chi connectivity index (χ1v) is 8.30. The Morgan fingerprint density at radius 1 is 1.04 bits per heavy atom. The van der Waals surface area contributed by atoms with Gasteiger partial charge in [-0.1, -0.05) is 38.1 Å². The molecule has 0 spiro atoms. The summed E-state index contributed by atoms with van der Waals surface area (Å²) >= 11 is 0. The zero-order valence-corrected chi connectivity index (χ0v) is 14.1. The first-order chi connectivity index (χ1) is 12.1. The summed E-state index contributed by atoms with van der Waals surface area (Å²) in [4.78, 5) is 16.9. The number of carbonyl (C=O) groups is 1. The van der Waals surface area contributed by atoms with E-state index in [9.17, 15) is 4.79 Å².